The van der Waals surface area contributed by atoms with Crippen molar-refractivity contribution in [3.8, 4) is 5.75 Å². The minimum absolute atomic E-state index is 0.344. The van der Waals surface area contributed by atoms with Gasteiger partial charge in [0.15, 0.2) is 5.82 Å². The number of aromatic nitrogens is 4. The van der Waals surface area contributed by atoms with Gasteiger partial charge < -0.3 is 10.1 Å². The molecule has 0 radical (unpaired) electrons. The van der Waals surface area contributed by atoms with Crippen molar-refractivity contribution in [3.05, 3.63) is 36.2 Å². The molecule has 6 nitrogen and oxygen atoms in total. The van der Waals surface area contributed by atoms with Crippen LogP contribution >= 0.6 is 0 Å². The summed E-state index contributed by atoms with van der Waals surface area (Å²) >= 11 is 0. The highest BCUT2D eigenvalue weighted by atomic mass is 16.5. The average molecular weight is 259 g/mol. The van der Waals surface area contributed by atoms with Crippen LogP contribution in [0.3, 0.4) is 0 Å². The monoisotopic (exact) mass is 259 g/mol. The molecule has 0 spiro atoms. The topological polar surface area (TPSA) is 64.9 Å². The van der Waals surface area contributed by atoms with Crippen molar-refractivity contribution in [1.82, 2.24) is 25.5 Å². The maximum absolute atomic E-state index is 5.62. The summed E-state index contributed by atoms with van der Waals surface area (Å²) in [7, 11) is 0. The van der Waals surface area contributed by atoms with E-state index in [1.54, 1.807) is 4.80 Å². The molecule has 3 rings (SSSR count). The van der Waals surface area contributed by atoms with Gasteiger partial charge in [0.05, 0.1) is 12.6 Å². The molecule has 0 saturated carbocycles. The normalized spacial score (nSPS) is 18.6. The van der Waals surface area contributed by atoms with Gasteiger partial charge in [-0.15, -0.1) is 10.2 Å². The third-order valence-electron chi connectivity index (χ3n) is 3.17. The minimum atomic E-state index is 0.344. The number of ether oxygens (including phenoxy) is 1. The molecule has 2 heterocycles. The summed E-state index contributed by atoms with van der Waals surface area (Å²) in [6.45, 7) is 2.52. The lowest BCUT2D eigenvalue weighted by Gasteiger charge is -2.04. The average Bonchev–Trinajstić information content (AvgIpc) is 3.10. The molecule has 1 aliphatic rings. The smallest absolute Gasteiger partial charge is 0.178 e. The first kappa shape index (κ1) is 12.1. The number of nitrogens with one attached hydrogen (secondary N) is 1. The molecule has 0 aliphatic carbocycles. The van der Waals surface area contributed by atoms with Gasteiger partial charge in [-0.1, -0.05) is 18.2 Å². The Morgan fingerprint density at radius 1 is 1.32 bits per heavy atom. The fraction of sp³-hybridized carbons (Fsp3) is 0.462. The predicted octanol–water partition coefficient (Wildman–Crippen LogP) is 0.829. The Bertz CT molecular complexity index is 507. The van der Waals surface area contributed by atoms with Crippen LogP contribution in [0, 0.1) is 0 Å². The van der Waals surface area contributed by atoms with E-state index >= 15 is 0 Å². The van der Waals surface area contributed by atoms with Crippen LogP contribution in [0.2, 0.25) is 0 Å². The predicted molar refractivity (Wildman–Crippen MR) is 70.0 cm³/mol. The highest BCUT2D eigenvalue weighted by Crippen LogP contribution is 2.12. The fourth-order valence-corrected chi connectivity index (χ4v) is 2.12. The van der Waals surface area contributed by atoms with Crippen LogP contribution in [0.1, 0.15) is 18.3 Å². The van der Waals surface area contributed by atoms with Crippen molar-refractivity contribution < 1.29 is 4.74 Å². The van der Waals surface area contributed by atoms with Crippen molar-refractivity contribution in [2.75, 3.05) is 19.7 Å². The van der Waals surface area contributed by atoms with Crippen LogP contribution in [-0.2, 0) is 6.42 Å². The van der Waals surface area contributed by atoms with E-state index in [4.69, 9.17) is 4.74 Å². The molecule has 1 saturated heterocycles. The van der Waals surface area contributed by atoms with Gasteiger partial charge in [0.2, 0.25) is 0 Å². The second-order valence-corrected chi connectivity index (χ2v) is 4.58. The molecule has 0 amide bonds. The SMILES string of the molecule is c1ccc(OCCc2nnn(C3CCNC3)n2)cc1. The van der Waals surface area contributed by atoms with E-state index in [1.807, 2.05) is 30.3 Å². The van der Waals surface area contributed by atoms with Crippen molar-refractivity contribution in [2.45, 2.75) is 18.9 Å². The standard InChI is InChI=1S/C13H17N5O/c1-2-4-12(5-3-1)19-9-7-13-15-17-18(16-13)11-6-8-14-10-11/h1-5,11,14H,6-10H2. The summed E-state index contributed by atoms with van der Waals surface area (Å²) < 4.78 is 5.62. The van der Waals surface area contributed by atoms with Gasteiger partial charge in [0.1, 0.15) is 5.75 Å². The van der Waals surface area contributed by atoms with E-state index in [0.29, 0.717) is 19.1 Å². The summed E-state index contributed by atoms with van der Waals surface area (Å²) in [5.41, 5.74) is 0. The van der Waals surface area contributed by atoms with E-state index < -0.39 is 0 Å². The van der Waals surface area contributed by atoms with Crippen molar-refractivity contribution >= 4 is 0 Å². The van der Waals surface area contributed by atoms with Crippen molar-refractivity contribution in [3.63, 3.8) is 0 Å². The maximum Gasteiger partial charge on any atom is 0.178 e. The first-order valence-electron chi connectivity index (χ1n) is 6.59. The largest absolute Gasteiger partial charge is 0.493 e. The Hall–Kier alpha value is -1.95. The van der Waals surface area contributed by atoms with Gasteiger partial charge in [-0.05, 0) is 30.3 Å². The molecule has 19 heavy (non-hydrogen) atoms. The molecule has 1 aromatic heterocycles. The first-order chi connectivity index (χ1) is 9.42. The lowest BCUT2D eigenvalue weighted by atomic mass is 10.3. The summed E-state index contributed by atoms with van der Waals surface area (Å²) in [4.78, 5) is 1.72. The van der Waals surface area contributed by atoms with E-state index in [9.17, 15) is 0 Å². The summed E-state index contributed by atoms with van der Waals surface area (Å²) in [6, 6.07) is 10.1. The van der Waals surface area contributed by atoms with Crippen LogP contribution in [0.15, 0.2) is 30.3 Å². The van der Waals surface area contributed by atoms with Gasteiger partial charge in [-0.2, -0.15) is 4.80 Å². The van der Waals surface area contributed by atoms with Gasteiger partial charge in [-0.3, -0.25) is 0 Å². The number of rotatable bonds is 5. The molecule has 1 atom stereocenters. The second-order valence-electron chi connectivity index (χ2n) is 4.58. The third kappa shape index (κ3) is 3.08. The molecule has 1 N–H and O–H groups in total. The van der Waals surface area contributed by atoms with Gasteiger partial charge >= 0.3 is 0 Å². The summed E-state index contributed by atoms with van der Waals surface area (Å²) in [6.07, 6.45) is 1.74. The lowest BCUT2D eigenvalue weighted by Crippen LogP contribution is -2.16. The van der Waals surface area contributed by atoms with Crippen LogP contribution in [-0.4, -0.2) is 39.9 Å². The molecule has 1 fully saturated rings. The number of hydrogen-bond donors (Lipinski definition) is 1. The molecule has 2 aromatic rings. The van der Waals surface area contributed by atoms with Crippen LogP contribution < -0.4 is 10.1 Å². The van der Waals surface area contributed by atoms with Gasteiger partial charge in [0, 0.05) is 13.0 Å². The van der Waals surface area contributed by atoms with Crippen LogP contribution in [0.5, 0.6) is 5.75 Å². The van der Waals surface area contributed by atoms with E-state index in [0.717, 1.165) is 31.1 Å². The highest BCUT2D eigenvalue weighted by molar-refractivity contribution is 5.20. The highest BCUT2D eigenvalue weighted by Gasteiger charge is 2.18. The summed E-state index contributed by atoms with van der Waals surface area (Å²) in [5.74, 6) is 1.61. The number of para-hydroxylation sites is 1. The van der Waals surface area contributed by atoms with Crippen LogP contribution in [0.4, 0.5) is 0 Å². The Morgan fingerprint density at radius 3 is 3.00 bits per heavy atom. The molecule has 1 aliphatic heterocycles. The molecule has 1 unspecified atom stereocenters. The molecule has 1 aromatic carbocycles. The van der Waals surface area contributed by atoms with Crippen LogP contribution in [0.25, 0.3) is 0 Å². The molecular formula is C13H17N5O. The number of nitrogens with zero attached hydrogens (tertiary/aromatic N) is 4. The zero-order chi connectivity index (χ0) is 12.9. The third-order valence-corrected chi connectivity index (χ3v) is 3.17. The van der Waals surface area contributed by atoms with Gasteiger partial charge in [-0.25, -0.2) is 0 Å². The quantitative estimate of drug-likeness (QED) is 0.861. The van der Waals surface area contributed by atoms with Crippen molar-refractivity contribution in [2.24, 2.45) is 0 Å². The Morgan fingerprint density at radius 2 is 2.21 bits per heavy atom. The van der Waals surface area contributed by atoms with Crippen molar-refractivity contribution in [1.29, 1.82) is 0 Å². The zero-order valence-corrected chi connectivity index (χ0v) is 10.7. The fourth-order valence-electron chi connectivity index (χ4n) is 2.12. The number of tetrazole rings is 1. The lowest BCUT2D eigenvalue weighted by molar-refractivity contribution is 0.318. The first-order valence-corrected chi connectivity index (χ1v) is 6.59. The molecular weight excluding hydrogens is 242 g/mol. The number of benzene rings is 1. The Kier molecular flexibility index (Phi) is 3.69. The molecule has 6 heteroatoms. The van der Waals surface area contributed by atoms with E-state index in [-0.39, 0.29) is 0 Å². The second kappa shape index (κ2) is 5.79. The maximum atomic E-state index is 5.62. The zero-order valence-electron chi connectivity index (χ0n) is 10.7. The Labute approximate surface area is 111 Å². The minimum Gasteiger partial charge on any atom is -0.493 e. The summed E-state index contributed by atoms with van der Waals surface area (Å²) in [5, 5.41) is 15.9. The molecule has 0 bridgehead atoms. The van der Waals surface area contributed by atoms with E-state index in [2.05, 4.69) is 20.7 Å². The number of hydrogen-bond acceptors (Lipinski definition) is 5. The van der Waals surface area contributed by atoms with E-state index in [1.165, 1.54) is 0 Å². The Balaban J connectivity index is 1.50. The molecule has 100 valence electrons. The van der Waals surface area contributed by atoms with Gasteiger partial charge in [0.25, 0.3) is 0 Å².